The topological polar surface area (TPSA) is 35.0 Å². The van der Waals surface area contributed by atoms with E-state index in [1.165, 1.54) is 11.5 Å². The predicted molar refractivity (Wildman–Crippen MR) is 77.6 cm³/mol. The van der Waals surface area contributed by atoms with E-state index in [9.17, 15) is 0 Å². The molecule has 1 aromatic carbocycles. The fraction of sp³-hybridized carbons (Fsp3) is 0.385. The Balaban J connectivity index is 2.17. The smallest absolute Gasteiger partial charge is 0.298 e. The van der Waals surface area contributed by atoms with Gasteiger partial charge in [0.25, 0.3) is 5.19 Å². The SMILES string of the molecule is CCCc1nsc(Oc2cc(C)c(Br)c(C)c2)n1. The number of ether oxygens (including phenoxy) is 1. The summed E-state index contributed by atoms with van der Waals surface area (Å²) in [5, 5.41) is 0.611. The lowest BCUT2D eigenvalue weighted by molar-refractivity contribution is 0.476. The molecule has 0 spiro atoms. The molecule has 0 bridgehead atoms. The highest BCUT2D eigenvalue weighted by atomic mass is 79.9. The van der Waals surface area contributed by atoms with Gasteiger partial charge in [-0.05, 0) is 43.5 Å². The van der Waals surface area contributed by atoms with Crippen LogP contribution >= 0.6 is 27.5 Å². The van der Waals surface area contributed by atoms with Crippen molar-refractivity contribution in [2.75, 3.05) is 0 Å². The van der Waals surface area contributed by atoms with Crippen LogP contribution in [0.15, 0.2) is 16.6 Å². The van der Waals surface area contributed by atoms with Gasteiger partial charge in [0.2, 0.25) is 0 Å². The van der Waals surface area contributed by atoms with Crippen LogP contribution in [-0.4, -0.2) is 9.36 Å². The van der Waals surface area contributed by atoms with Gasteiger partial charge in [0.15, 0.2) is 0 Å². The Bertz CT molecular complexity index is 531. The second-order valence-corrected chi connectivity index (χ2v) is 5.71. The van der Waals surface area contributed by atoms with Crippen LogP contribution in [0.2, 0.25) is 0 Å². The quantitative estimate of drug-likeness (QED) is 0.819. The maximum Gasteiger partial charge on any atom is 0.298 e. The Hall–Kier alpha value is -0.940. The Kier molecular flexibility index (Phi) is 4.35. The molecule has 2 aromatic rings. The van der Waals surface area contributed by atoms with Gasteiger partial charge in [0, 0.05) is 22.4 Å². The van der Waals surface area contributed by atoms with Crippen LogP contribution in [0.4, 0.5) is 0 Å². The average Bonchev–Trinajstić information content (AvgIpc) is 2.74. The van der Waals surface area contributed by atoms with E-state index in [0.717, 1.165) is 40.0 Å². The monoisotopic (exact) mass is 326 g/mol. The first kappa shape index (κ1) is 13.5. The number of nitrogens with zero attached hydrogens (tertiary/aromatic N) is 2. The summed E-state index contributed by atoms with van der Waals surface area (Å²) in [5.74, 6) is 1.68. The van der Waals surface area contributed by atoms with Gasteiger partial charge < -0.3 is 4.74 Å². The second kappa shape index (κ2) is 5.80. The lowest BCUT2D eigenvalue weighted by atomic mass is 10.1. The minimum absolute atomic E-state index is 0.611. The molecule has 96 valence electrons. The molecule has 0 unspecified atom stereocenters. The largest absolute Gasteiger partial charge is 0.430 e. The van der Waals surface area contributed by atoms with Gasteiger partial charge in [0.05, 0.1) is 0 Å². The molecule has 5 heteroatoms. The number of aryl methyl sites for hydroxylation is 3. The van der Waals surface area contributed by atoms with Gasteiger partial charge in [-0.15, -0.1) is 0 Å². The molecule has 0 radical (unpaired) electrons. The van der Waals surface area contributed by atoms with Crippen LogP contribution in [0.25, 0.3) is 0 Å². The molecular formula is C13H15BrN2OS. The average molecular weight is 327 g/mol. The van der Waals surface area contributed by atoms with Gasteiger partial charge in [-0.2, -0.15) is 9.36 Å². The summed E-state index contributed by atoms with van der Waals surface area (Å²) in [4.78, 5) is 4.35. The van der Waals surface area contributed by atoms with E-state index in [2.05, 4.69) is 32.2 Å². The summed E-state index contributed by atoms with van der Waals surface area (Å²) in [5.41, 5.74) is 2.31. The second-order valence-electron chi connectivity index (χ2n) is 4.20. The molecule has 0 aliphatic heterocycles. The van der Waals surface area contributed by atoms with E-state index < -0.39 is 0 Å². The van der Waals surface area contributed by atoms with E-state index in [-0.39, 0.29) is 0 Å². The van der Waals surface area contributed by atoms with Crippen LogP contribution in [0, 0.1) is 13.8 Å². The van der Waals surface area contributed by atoms with Crippen LogP contribution in [-0.2, 0) is 6.42 Å². The van der Waals surface area contributed by atoms with Crippen molar-refractivity contribution >= 4 is 27.5 Å². The molecule has 0 atom stereocenters. The van der Waals surface area contributed by atoms with E-state index in [4.69, 9.17) is 4.74 Å². The van der Waals surface area contributed by atoms with Gasteiger partial charge in [0.1, 0.15) is 11.6 Å². The first-order valence-electron chi connectivity index (χ1n) is 5.87. The zero-order chi connectivity index (χ0) is 13.1. The molecule has 0 saturated heterocycles. The van der Waals surface area contributed by atoms with E-state index in [1.54, 1.807) is 0 Å². The molecule has 1 aromatic heterocycles. The van der Waals surface area contributed by atoms with E-state index in [1.807, 2.05) is 26.0 Å². The van der Waals surface area contributed by atoms with Crippen LogP contribution in [0.1, 0.15) is 30.3 Å². The first-order valence-corrected chi connectivity index (χ1v) is 7.44. The van der Waals surface area contributed by atoms with Gasteiger partial charge in [-0.3, -0.25) is 0 Å². The highest BCUT2D eigenvalue weighted by Gasteiger charge is 2.08. The van der Waals surface area contributed by atoms with Crippen LogP contribution < -0.4 is 4.74 Å². The van der Waals surface area contributed by atoms with E-state index >= 15 is 0 Å². The fourth-order valence-electron chi connectivity index (χ4n) is 1.67. The molecule has 0 aliphatic rings. The molecule has 1 heterocycles. The summed E-state index contributed by atoms with van der Waals surface area (Å²) in [6.45, 7) is 6.21. The molecule has 0 fully saturated rings. The van der Waals surface area contributed by atoms with Crippen molar-refractivity contribution in [3.8, 4) is 10.9 Å². The minimum atomic E-state index is 0.611. The highest BCUT2D eigenvalue weighted by molar-refractivity contribution is 9.10. The molecular weight excluding hydrogens is 312 g/mol. The third kappa shape index (κ3) is 3.09. The number of aromatic nitrogens is 2. The fourth-order valence-corrected chi connectivity index (χ4v) is 2.49. The zero-order valence-electron chi connectivity index (χ0n) is 10.7. The Morgan fingerprint density at radius 1 is 1.28 bits per heavy atom. The maximum absolute atomic E-state index is 5.75. The van der Waals surface area contributed by atoms with Crippen molar-refractivity contribution < 1.29 is 4.74 Å². The summed E-state index contributed by atoms with van der Waals surface area (Å²) in [7, 11) is 0. The summed E-state index contributed by atoms with van der Waals surface area (Å²) >= 11 is 4.85. The van der Waals surface area contributed by atoms with Gasteiger partial charge in [-0.1, -0.05) is 22.9 Å². The Labute approximate surface area is 120 Å². The maximum atomic E-state index is 5.75. The van der Waals surface area contributed by atoms with Crippen molar-refractivity contribution in [1.82, 2.24) is 9.36 Å². The first-order chi connectivity index (χ1) is 8.60. The minimum Gasteiger partial charge on any atom is -0.430 e. The van der Waals surface area contributed by atoms with Gasteiger partial charge in [-0.25, -0.2) is 0 Å². The lowest BCUT2D eigenvalue weighted by Gasteiger charge is -2.07. The lowest BCUT2D eigenvalue weighted by Crippen LogP contribution is -1.89. The van der Waals surface area contributed by atoms with Crippen LogP contribution in [0.5, 0.6) is 10.9 Å². The molecule has 3 nitrogen and oxygen atoms in total. The van der Waals surface area contributed by atoms with Crippen molar-refractivity contribution in [3.63, 3.8) is 0 Å². The summed E-state index contributed by atoms with van der Waals surface area (Å²) in [6, 6.07) is 4.00. The van der Waals surface area contributed by atoms with Crippen molar-refractivity contribution in [3.05, 3.63) is 33.6 Å². The summed E-state index contributed by atoms with van der Waals surface area (Å²) in [6.07, 6.45) is 1.95. The van der Waals surface area contributed by atoms with Crippen molar-refractivity contribution in [2.45, 2.75) is 33.6 Å². The van der Waals surface area contributed by atoms with Crippen molar-refractivity contribution in [1.29, 1.82) is 0 Å². The third-order valence-electron chi connectivity index (χ3n) is 2.54. The number of benzene rings is 1. The Morgan fingerprint density at radius 2 is 1.94 bits per heavy atom. The van der Waals surface area contributed by atoms with Gasteiger partial charge >= 0.3 is 0 Å². The van der Waals surface area contributed by atoms with Crippen LogP contribution in [0.3, 0.4) is 0 Å². The van der Waals surface area contributed by atoms with E-state index in [0.29, 0.717) is 5.19 Å². The summed E-state index contributed by atoms with van der Waals surface area (Å²) < 4.78 is 11.1. The number of halogens is 1. The molecule has 0 saturated carbocycles. The standard InChI is InChI=1S/C13H15BrN2OS/c1-4-5-11-15-13(18-16-11)17-10-6-8(2)12(14)9(3)7-10/h6-7H,4-5H2,1-3H3. The number of rotatable bonds is 4. The zero-order valence-corrected chi connectivity index (χ0v) is 13.1. The molecule has 18 heavy (non-hydrogen) atoms. The molecule has 0 N–H and O–H groups in total. The Morgan fingerprint density at radius 3 is 2.56 bits per heavy atom. The predicted octanol–water partition coefficient (Wildman–Crippen LogP) is 4.66. The van der Waals surface area contributed by atoms with Crippen molar-refractivity contribution in [2.24, 2.45) is 0 Å². The normalized spacial score (nSPS) is 10.7. The third-order valence-corrected chi connectivity index (χ3v) is 4.42. The number of hydrogen-bond acceptors (Lipinski definition) is 4. The molecule has 0 aliphatic carbocycles. The number of hydrogen-bond donors (Lipinski definition) is 0. The molecule has 0 amide bonds. The highest BCUT2D eigenvalue weighted by Crippen LogP contribution is 2.30. The molecule has 2 rings (SSSR count).